The molecule has 0 rings (SSSR count). The van der Waals surface area contributed by atoms with Crippen molar-refractivity contribution in [3.05, 3.63) is 0 Å². The molecule has 0 fully saturated rings. The van der Waals surface area contributed by atoms with Gasteiger partial charge in [-0.1, -0.05) is 6.92 Å². The van der Waals surface area contributed by atoms with Gasteiger partial charge in [0.2, 0.25) is 0 Å². The number of rotatable bonds is 4. The van der Waals surface area contributed by atoms with Crippen LogP contribution in [0.15, 0.2) is 4.99 Å². The van der Waals surface area contributed by atoms with Crippen molar-refractivity contribution in [1.82, 2.24) is 0 Å². The van der Waals surface area contributed by atoms with Gasteiger partial charge in [-0.05, 0) is 13.3 Å². The summed E-state index contributed by atoms with van der Waals surface area (Å²) in [4.78, 5) is 14.8. The summed E-state index contributed by atoms with van der Waals surface area (Å²) in [6, 6.07) is -0.560. The van der Waals surface area contributed by atoms with Crippen LogP contribution in [0.25, 0.3) is 0 Å². The number of guanidine groups is 1. The number of nitrogens with two attached hydrogens (primary N) is 2. The number of carbonyl (C=O) groups excluding carboxylic acids is 1. The van der Waals surface area contributed by atoms with Crippen molar-refractivity contribution in [1.29, 1.82) is 0 Å². The van der Waals surface area contributed by atoms with Crippen LogP contribution in [-0.4, -0.2) is 24.6 Å². The van der Waals surface area contributed by atoms with Crippen LogP contribution >= 0.6 is 0 Å². The molecule has 0 saturated heterocycles. The third-order valence-electron chi connectivity index (χ3n) is 1.25. The minimum absolute atomic E-state index is 0.0881. The second kappa shape index (κ2) is 5.40. The Kier molecular flexibility index (Phi) is 4.83. The van der Waals surface area contributed by atoms with Gasteiger partial charge in [-0.3, -0.25) is 0 Å². The van der Waals surface area contributed by atoms with Crippen LogP contribution in [0.5, 0.6) is 0 Å². The van der Waals surface area contributed by atoms with E-state index in [4.69, 9.17) is 16.2 Å². The lowest BCUT2D eigenvalue weighted by Crippen LogP contribution is -2.29. The lowest BCUT2D eigenvalue weighted by atomic mass is 10.2. The first kappa shape index (κ1) is 10.7. The molecular formula is C7H15N3O2. The quantitative estimate of drug-likeness (QED) is 0.344. The molecule has 0 aliphatic heterocycles. The Morgan fingerprint density at radius 3 is 2.42 bits per heavy atom. The van der Waals surface area contributed by atoms with Crippen molar-refractivity contribution in [3.63, 3.8) is 0 Å². The summed E-state index contributed by atoms with van der Waals surface area (Å²) in [7, 11) is 0. The summed E-state index contributed by atoms with van der Waals surface area (Å²) < 4.78 is 4.74. The van der Waals surface area contributed by atoms with E-state index in [1.54, 1.807) is 6.92 Å². The first-order valence-electron chi connectivity index (χ1n) is 3.87. The van der Waals surface area contributed by atoms with Crippen LogP contribution in [-0.2, 0) is 9.53 Å². The maximum absolute atomic E-state index is 11.1. The largest absolute Gasteiger partial charge is 0.464 e. The Morgan fingerprint density at radius 2 is 2.08 bits per heavy atom. The molecule has 70 valence electrons. The summed E-state index contributed by atoms with van der Waals surface area (Å²) in [5.41, 5.74) is 10.2. The molecule has 0 amide bonds. The fraction of sp³-hybridized carbons (Fsp3) is 0.714. The fourth-order valence-electron chi connectivity index (χ4n) is 0.729. The van der Waals surface area contributed by atoms with Crippen LogP contribution in [0.3, 0.4) is 0 Å². The Bertz CT molecular complexity index is 175. The van der Waals surface area contributed by atoms with Gasteiger partial charge in [0.05, 0.1) is 6.61 Å². The molecule has 5 heteroatoms. The van der Waals surface area contributed by atoms with Crippen molar-refractivity contribution in [2.45, 2.75) is 26.3 Å². The maximum atomic E-state index is 11.1. The predicted octanol–water partition coefficient (Wildman–Crippen LogP) is -0.398. The number of carbonyl (C=O) groups is 1. The van der Waals surface area contributed by atoms with E-state index in [1.807, 2.05) is 6.92 Å². The molecule has 0 aliphatic rings. The lowest BCUT2D eigenvalue weighted by Gasteiger charge is -2.08. The van der Waals surface area contributed by atoms with Gasteiger partial charge in [-0.25, -0.2) is 9.79 Å². The first-order chi connectivity index (χ1) is 5.61. The zero-order chi connectivity index (χ0) is 9.56. The van der Waals surface area contributed by atoms with Gasteiger partial charge < -0.3 is 16.2 Å². The summed E-state index contributed by atoms with van der Waals surface area (Å²) in [6.07, 6.45) is 0.538. The standard InChI is InChI=1S/C7H15N3O2/c1-3-5(10-7(8)9)6(11)12-4-2/h5H,3-4H2,1-2H3,(H4,8,9,10). The molecule has 0 aromatic heterocycles. The van der Waals surface area contributed by atoms with Crippen LogP contribution in [0, 0.1) is 0 Å². The normalized spacial score (nSPS) is 11.8. The maximum Gasteiger partial charge on any atom is 0.330 e. The average molecular weight is 173 g/mol. The highest BCUT2D eigenvalue weighted by molar-refractivity contribution is 5.82. The fourth-order valence-corrected chi connectivity index (χ4v) is 0.729. The predicted molar refractivity (Wildman–Crippen MR) is 46.5 cm³/mol. The van der Waals surface area contributed by atoms with Gasteiger partial charge in [0, 0.05) is 0 Å². The van der Waals surface area contributed by atoms with E-state index in [2.05, 4.69) is 4.99 Å². The highest BCUT2D eigenvalue weighted by atomic mass is 16.5. The van der Waals surface area contributed by atoms with E-state index in [0.717, 1.165) is 0 Å². The average Bonchev–Trinajstić information content (AvgIpc) is 2.00. The van der Waals surface area contributed by atoms with Gasteiger partial charge in [0.15, 0.2) is 12.0 Å². The molecule has 0 bridgehead atoms. The second-order valence-corrected chi connectivity index (χ2v) is 2.23. The van der Waals surface area contributed by atoms with Crippen LogP contribution < -0.4 is 11.5 Å². The van der Waals surface area contributed by atoms with Gasteiger partial charge in [0.25, 0.3) is 0 Å². The Hall–Kier alpha value is -1.26. The topological polar surface area (TPSA) is 90.7 Å². The van der Waals surface area contributed by atoms with E-state index in [0.29, 0.717) is 13.0 Å². The molecule has 5 nitrogen and oxygen atoms in total. The molecule has 0 spiro atoms. The highest BCUT2D eigenvalue weighted by Gasteiger charge is 2.15. The van der Waals surface area contributed by atoms with E-state index in [-0.39, 0.29) is 11.9 Å². The first-order valence-corrected chi connectivity index (χ1v) is 3.87. The number of aliphatic imine (C=N–C) groups is 1. The lowest BCUT2D eigenvalue weighted by molar-refractivity contribution is -0.144. The third-order valence-corrected chi connectivity index (χ3v) is 1.25. The molecule has 0 heterocycles. The smallest absolute Gasteiger partial charge is 0.330 e. The van der Waals surface area contributed by atoms with Gasteiger partial charge in [-0.15, -0.1) is 0 Å². The number of hydrogen-bond acceptors (Lipinski definition) is 3. The Labute approximate surface area is 71.8 Å². The van der Waals surface area contributed by atoms with Gasteiger partial charge in [0.1, 0.15) is 0 Å². The SMILES string of the molecule is CCOC(=O)C(CC)N=C(N)N. The highest BCUT2D eigenvalue weighted by Crippen LogP contribution is 1.99. The minimum atomic E-state index is -0.560. The van der Waals surface area contributed by atoms with Crippen molar-refractivity contribution in [3.8, 4) is 0 Å². The summed E-state index contributed by atoms with van der Waals surface area (Å²) in [6.45, 7) is 3.89. The number of esters is 1. The summed E-state index contributed by atoms with van der Waals surface area (Å²) >= 11 is 0. The molecule has 1 unspecified atom stereocenters. The summed E-state index contributed by atoms with van der Waals surface area (Å²) in [5.74, 6) is -0.469. The van der Waals surface area contributed by atoms with Crippen molar-refractivity contribution in [2.24, 2.45) is 16.5 Å². The van der Waals surface area contributed by atoms with Crippen LogP contribution in [0.4, 0.5) is 0 Å². The monoisotopic (exact) mass is 173 g/mol. The molecule has 0 saturated carbocycles. The van der Waals surface area contributed by atoms with Crippen LogP contribution in [0.2, 0.25) is 0 Å². The van der Waals surface area contributed by atoms with Crippen molar-refractivity contribution < 1.29 is 9.53 Å². The van der Waals surface area contributed by atoms with Crippen molar-refractivity contribution >= 4 is 11.9 Å². The van der Waals surface area contributed by atoms with Crippen molar-refractivity contribution in [2.75, 3.05) is 6.61 Å². The van der Waals surface area contributed by atoms with E-state index >= 15 is 0 Å². The van der Waals surface area contributed by atoms with Crippen LogP contribution in [0.1, 0.15) is 20.3 Å². The van der Waals surface area contributed by atoms with Gasteiger partial charge in [-0.2, -0.15) is 0 Å². The molecule has 0 aromatic rings. The second-order valence-electron chi connectivity index (χ2n) is 2.23. The van der Waals surface area contributed by atoms with E-state index in [9.17, 15) is 4.79 Å². The molecule has 4 N–H and O–H groups in total. The zero-order valence-electron chi connectivity index (χ0n) is 7.41. The minimum Gasteiger partial charge on any atom is -0.464 e. The zero-order valence-corrected chi connectivity index (χ0v) is 7.41. The molecule has 0 radical (unpaired) electrons. The number of nitrogens with zero attached hydrogens (tertiary/aromatic N) is 1. The third kappa shape index (κ3) is 3.80. The molecule has 0 aromatic carbocycles. The van der Waals surface area contributed by atoms with Gasteiger partial charge >= 0.3 is 5.97 Å². The Balaban J connectivity index is 4.15. The molecule has 0 aliphatic carbocycles. The molecule has 1 atom stereocenters. The molecule has 12 heavy (non-hydrogen) atoms. The molecular weight excluding hydrogens is 158 g/mol. The van der Waals surface area contributed by atoms with E-state index in [1.165, 1.54) is 0 Å². The number of ether oxygens (including phenoxy) is 1. The van der Waals surface area contributed by atoms with E-state index < -0.39 is 6.04 Å². The number of hydrogen-bond donors (Lipinski definition) is 2. The summed E-state index contributed by atoms with van der Waals surface area (Å²) in [5, 5.41) is 0. The Morgan fingerprint density at radius 1 is 1.50 bits per heavy atom.